The third kappa shape index (κ3) is 6.74. The minimum Gasteiger partial charge on any atom is -0.366 e. The topological polar surface area (TPSA) is 29.0 Å². The van der Waals surface area contributed by atoms with Gasteiger partial charge in [0.25, 0.3) is 0 Å². The van der Waals surface area contributed by atoms with Crippen molar-refractivity contribution in [2.75, 3.05) is 5.32 Å². The van der Waals surface area contributed by atoms with Crippen molar-refractivity contribution in [1.29, 1.82) is 0 Å². The van der Waals surface area contributed by atoms with E-state index in [4.69, 9.17) is 0 Å². The van der Waals surface area contributed by atoms with Crippen LogP contribution < -0.4 is 10.6 Å². The van der Waals surface area contributed by atoms with E-state index in [2.05, 4.69) is 203 Å². The highest BCUT2D eigenvalue weighted by molar-refractivity contribution is 6.14. The summed E-state index contributed by atoms with van der Waals surface area (Å²) in [6.07, 6.45) is 10.8. The zero-order valence-electron chi connectivity index (χ0n) is 33.6. The lowest BCUT2D eigenvalue weighted by Crippen LogP contribution is -2.37. The van der Waals surface area contributed by atoms with Crippen LogP contribution in [0.25, 0.3) is 66.6 Å². The zero-order chi connectivity index (χ0) is 39.7. The number of rotatable bonds is 5. The molecule has 1 aliphatic carbocycles. The highest BCUT2D eigenvalue weighted by atomic mass is 15.2. The van der Waals surface area contributed by atoms with Gasteiger partial charge >= 0.3 is 0 Å². The van der Waals surface area contributed by atoms with E-state index in [0.717, 1.165) is 18.5 Å². The van der Waals surface area contributed by atoms with Gasteiger partial charge in [-0.2, -0.15) is 0 Å². The lowest BCUT2D eigenvalue weighted by molar-refractivity contribution is 0.506. The molecular formula is C56H47N3. The van der Waals surface area contributed by atoms with E-state index in [9.17, 15) is 0 Å². The average molecular weight is 762 g/mol. The number of allylic oxidation sites excluding steroid dienone is 3. The molecular weight excluding hydrogens is 715 g/mol. The van der Waals surface area contributed by atoms with Crippen molar-refractivity contribution in [3.05, 3.63) is 222 Å². The Morgan fingerprint density at radius 2 is 1.29 bits per heavy atom. The lowest BCUT2D eigenvalue weighted by atomic mass is 9.91. The van der Waals surface area contributed by atoms with Gasteiger partial charge in [-0.25, -0.2) is 0 Å². The summed E-state index contributed by atoms with van der Waals surface area (Å²) in [7, 11) is 0. The normalized spacial score (nSPS) is 15.8. The third-order valence-corrected chi connectivity index (χ3v) is 12.1. The van der Waals surface area contributed by atoms with Crippen molar-refractivity contribution >= 4 is 44.3 Å². The lowest BCUT2D eigenvalue weighted by Gasteiger charge is -2.35. The maximum atomic E-state index is 3.96. The van der Waals surface area contributed by atoms with E-state index in [1.807, 2.05) is 26.0 Å². The molecule has 286 valence electrons. The van der Waals surface area contributed by atoms with Crippen LogP contribution in [0.4, 0.5) is 5.69 Å². The van der Waals surface area contributed by atoms with Crippen LogP contribution >= 0.6 is 0 Å². The Balaban J connectivity index is 0.00000101. The molecule has 0 spiro atoms. The van der Waals surface area contributed by atoms with Gasteiger partial charge in [-0.3, -0.25) is 5.32 Å². The smallest absolute Gasteiger partial charge is 0.104 e. The minimum absolute atomic E-state index is 0.0472. The summed E-state index contributed by atoms with van der Waals surface area (Å²) in [5, 5.41) is 12.9. The summed E-state index contributed by atoms with van der Waals surface area (Å²) in [5.41, 5.74) is 16.3. The molecule has 0 amide bonds. The first-order valence-electron chi connectivity index (χ1n) is 20.9. The molecule has 2 unspecified atom stereocenters. The van der Waals surface area contributed by atoms with Gasteiger partial charge in [0.2, 0.25) is 0 Å². The van der Waals surface area contributed by atoms with E-state index in [0.29, 0.717) is 0 Å². The molecule has 0 fully saturated rings. The molecule has 0 bridgehead atoms. The molecule has 2 atom stereocenters. The molecule has 3 nitrogen and oxygen atoms in total. The molecule has 1 aliphatic heterocycles. The number of hydrogen-bond donors (Lipinski definition) is 2. The van der Waals surface area contributed by atoms with Crippen LogP contribution in [-0.2, 0) is 6.42 Å². The summed E-state index contributed by atoms with van der Waals surface area (Å²) in [4.78, 5) is 0. The molecule has 3 heteroatoms. The first-order chi connectivity index (χ1) is 29.2. The number of hydrogen-bond acceptors (Lipinski definition) is 2. The predicted molar refractivity (Wildman–Crippen MR) is 251 cm³/mol. The minimum atomic E-state index is -0.0472. The van der Waals surface area contributed by atoms with E-state index >= 15 is 0 Å². The number of fused-ring (bicyclic) bond motifs is 7. The molecule has 2 N–H and O–H groups in total. The molecule has 9 aromatic rings. The molecule has 0 saturated carbocycles. The van der Waals surface area contributed by atoms with Crippen LogP contribution in [0.1, 0.15) is 60.3 Å². The number of anilines is 1. The number of benzene rings is 8. The largest absolute Gasteiger partial charge is 0.366 e. The van der Waals surface area contributed by atoms with Gasteiger partial charge in [-0.05, 0) is 118 Å². The second kappa shape index (κ2) is 15.8. The van der Waals surface area contributed by atoms with Gasteiger partial charge in [-0.15, -0.1) is 0 Å². The summed E-state index contributed by atoms with van der Waals surface area (Å²) in [6.45, 7) is 4.00. The monoisotopic (exact) mass is 761 g/mol. The summed E-state index contributed by atoms with van der Waals surface area (Å²) < 4.78 is 2.44. The number of nitrogens with zero attached hydrogens (tertiary/aromatic N) is 1. The highest BCUT2D eigenvalue weighted by Crippen LogP contribution is 2.41. The fourth-order valence-electron chi connectivity index (χ4n) is 9.05. The first kappa shape index (κ1) is 36.4. The highest BCUT2D eigenvalue weighted by Gasteiger charge is 2.28. The summed E-state index contributed by atoms with van der Waals surface area (Å²) in [5.74, 6) is 0. The number of aromatic nitrogens is 1. The fourth-order valence-corrected chi connectivity index (χ4v) is 9.05. The SMILES string of the molecule is C/C=C\C.C1=Cc2c(ccc3c2c2ccc(-c4ccc(C5Nc6ccccc6C(c6ccc(-c7cccc8ccccc78)cc6)N5)cc4)cc2n3-c2ccccc2)CC1. The second-order valence-electron chi connectivity index (χ2n) is 15.6. The van der Waals surface area contributed by atoms with Crippen molar-refractivity contribution in [2.24, 2.45) is 0 Å². The van der Waals surface area contributed by atoms with Gasteiger partial charge < -0.3 is 9.88 Å². The third-order valence-electron chi connectivity index (χ3n) is 12.1. The van der Waals surface area contributed by atoms with E-state index in [-0.39, 0.29) is 12.2 Å². The van der Waals surface area contributed by atoms with E-state index in [1.165, 1.54) is 88.3 Å². The second-order valence-corrected chi connectivity index (χ2v) is 15.6. The molecule has 0 radical (unpaired) electrons. The quantitative estimate of drug-likeness (QED) is 0.171. The van der Waals surface area contributed by atoms with Crippen LogP contribution in [0.15, 0.2) is 194 Å². The predicted octanol–water partition coefficient (Wildman–Crippen LogP) is 14.6. The summed E-state index contributed by atoms with van der Waals surface area (Å²) >= 11 is 0. The Labute approximate surface area is 347 Å². The van der Waals surface area contributed by atoms with Gasteiger partial charge in [0.1, 0.15) is 6.17 Å². The maximum Gasteiger partial charge on any atom is 0.104 e. The van der Waals surface area contributed by atoms with Crippen molar-refractivity contribution in [3.63, 3.8) is 0 Å². The Bertz CT molecular complexity index is 3000. The van der Waals surface area contributed by atoms with Crippen molar-refractivity contribution in [2.45, 2.75) is 38.9 Å². The molecule has 0 saturated heterocycles. The van der Waals surface area contributed by atoms with Crippen LogP contribution in [0.2, 0.25) is 0 Å². The fraction of sp³-hybridized carbons (Fsp3) is 0.107. The molecule has 8 aromatic carbocycles. The Hall–Kier alpha value is -6.94. The van der Waals surface area contributed by atoms with Crippen LogP contribution in [0.3, 0.4) is 0 Å². The standard InChI is InChI=1S/C52H39N3.C4H8/c1-2-14-41(15-3-1)55-48-32-30-36-12-5-7-17-44(36)50(48)46-31-29-40(33-49(46)55)34-21-27-39(28-22-34)52-53-47-20-9-8-18-45(47)51(54-52)38-25-23-37(24-26-38)43-19-10-13-35-11-4-6-16-42(35)43;1-3-4-2/h1-4,6-11,13-33,51-54H,5,12H2;3-4H,1-2H3/b;4-3-. The first-order valence-corrected chi connectivity index (χ1v) is 20.9. The zero-order valence-corrected chi connectivity index (χ0v) is 33.6. The average Bonchev–Trinajstić information content (AvgIpc) is 3.65. The van der Waals surface area contributed by atoms with Crippen molar-refractivity contribution in [1.82, 2.24) is 9.88 Å². The molecule has 11 rings (SSSR count). The molecule has 59 heavy (non-hydrogen) atoms. The summed E-state index contributed by atoms with van der Waals surface area (Å²) in [6, 6.07) is 64.5. The van der Waals surface area contributed by atoms with E-state index in [1.54, 1.807) is 0 Å². The van der Waals surface area contributed by atoms with Gasteiger partial charge in [0.15, 0.2) is 0 Å². The maximum absolute atomic E-state index is 3.96. The van der Waals surface area contributed by atoms with E-state index < -0.39 is 0 Å². The Morgan fingerprint density at radius 1 is 0.576 bits per heavy atom. The molecule has 2 aliphatic rings. The molecule has 1 aromatic heterocycles. The van der Waals surface area contributed by atoms with Crippen LogP contribution in [0.5, 0.6) is 0 Å². The van der Waals surface area contributed by atoms with Crippen molar-refractivity contribution < 1.29 is 0 Å². The molecule has 2 heterocycles. The van der Waals surface area contributed by atoms with Gasteiger partial charge in [0.05, 0.1) is 17.1 Å². The van der Waals surface area contributed by atoms with Crippen LogP contribution in [0, 0.1) is 0 Å². The number of aryl methyl sites for hydroxylation is 1. The number of nitrogens with one attached hydrogen (secondary N) is 2. The van der Waals surface area contributed by atoms with Gasteiger partial charge in [0, 0.05) is 22.1 Å². The Kier molecular flexibility index (Phi) is 9.73. The van der Waals surface area contributed by atoms with Crippen molar-refractivity contribution in [3.8, 4) is 27.9 Å². The Morgan fingerprint density at radius 3 is 2.12 bits per heavy atom. The van der Waals surface area contributed by atoms with Crippen LogP contribution in [-0.4, -0.2) is 4.57 Å². The number of para-hydroxylation sites is 2. The van der Waals surface area contributed by atoms with Gasteiger partial charge in [-0.1, -0.05) is 170 Å².